The van der Waals surface area contributed by atoms with Crippen molar-refractivity contribution in [2.45, 2.75) is 84.7 Å². The predicted molar refractivity (Wildman–Crippen MR) is 101 cm³/mol. The van der Waals surface area contributed by atoms with E-state index < -0.39 is 0 Å². The van der Waals surface area contributed by atoms with Crippen molar-refractivity contribution in [3.8, 4) is 0 Å². The number of unbranched alkanes of at least 4 members (excludes halogenated alkanes) is 7. The van der Waals surface area contributed by atoms with Gasteiger partial charge in [-0.25, -0.2) is 0 Å². The van der Waals surface area contributed by atoms with Gasteiger partial charge in [0, 0.05) is 6.92 Å². The quantitative estimate of drug-likeness (QED) is 0.250. The van der Waals surface area contributed by atoms with Gasteiger partial charge in [-0.2, -0.15) is 0 Å². The minimum absolute atomic E-state index is 0.280. The van der Waals surface area contributed by atoms with Crippen LogP contribution in [0.15, 0.2) is 0 Å². The van der Waals surface area contributed by atoms with Gasteiger partial charge in [-0.15, -0.1) is 0 Å². The summed E-state index contributed by atoms with van der Waals surface area (Å²) in [5, 5.41) is 0. The van der Waals surface area contributed by atoms with Crippen LogP contribution >= 0.6 is 0 Å². The van der Waals surface area contributed by atoms with Crippen LogP contribution in [0.4, 0.5) is 0 Å². The van der Waals surface area contributed by atoms with Crippen LogP contribution < -0.4 is 0 Å². The van der Waals surface area contributed by atoms with Gasteiger partial charge in [0.05, 0.1) is 39.1 Å². The molecule has 5 heteroatoms. The molecule has 25 heavy (non-hydrogen) atoms. The average molecular weight is 361 g/mol. The lowest BCUT2D eigenvalue weighted by atomic mass is 10.1. The first-order valence-corrected chi connectivity index (χ1v) is 10.1. The van der Waals surface area contributed by atoms with Gasteiger partial charge in [0.1, 0.15) is 6.61 Å². The highest BCUT2D eigenvalue weighted by molar-refractivity contribution is 5.65. The van der Waals surface area contributed by atoms with Crippen LogP contribution in [0.3, 0.4) is 0 Å². The van der Waals surface area contributed by atoms with Gasteiger partial charge in [-0.1, -0.05) is 58.3 Å². The standard InChI is InChI=1S/C20H40O5/c1-4-5-6-7-8-9-10-11-12-19(2)24-17-15-22-13-14-23-16-18-25-20(3)21/h19H,4-18H2,1-3H3. The first-order chi connectivity index (χ1) is 12.2. The molecule has 0 heterocycles. The topological polar surface area (TPSA) is 54.0 Å². The van der Waals surface area contributed by atoms with E-state index in [2.05, 4.69) is 13.8 Å². The van der Waals surface area contributed by atoms with Crippen LogP contribution in [0.5, 0.6) is 0 Å². The lowest BCUT2D eigenvalue weighted by Crippen LogP contribution is -2.15. The summed E-state index contributed by atoms with van der Waals surface area (Å²) in [5.74, 6) is -0.280. The monoisotopic (exact) mass is 360 g/mol. The summed E-state index contributed by atoms with van der Waals surface area (Å²) in [7, 11) is 0. The maximum atomic E-state index is 10.5. The molecule has 0 rings (SSSR count). The van der Waals surface area contributed by atoms with Gasteiger partial charge in [0.25, 0.3) is 0 Å². The number of esters is 1. The second-order valence-electron chi connectivity index (χ2n) is 6.51. The smallest absolute Gasteiger partial charge is 0.302 e. The molecule has 0 bridgehead atoms. The molecule has 0 saturated heterocycles. The number of carbonyl (C=O) groups excluding carboxylic acids is 1. The zero-order valence-electron chi connectivity index (χ0n) is 16.7. The maximum absolute atomic E-state index is 10.5. The van der Waals surface area contributed by atoms with Crippen molar-refractivity contribution in [1.82, 2.24) is 0 Å². The van der Waals surface area contributed by atoms with Crippen molar-refractivity contribution in [2.75, 3.05) is 39.6 Å². The van der Waals surface area contributed by atoms with E-state index in [1.807, 2.05) is 0 Å². The first kappa shape index (κ1) is 24.4. The summed E-state index contributed by atoms with van der Waals surface area (Å²) < 4.78 is 21.2. The Kier molecular flexibility index (Phi) is 19.2. The number of hydrogen-bond acceptors (Lipinski definition) is 5. The molecule has 150 valence electrons. The molecule has 0 aromatic carbocycles. The van der Waals surface area contributed by atoms with Crippen molar-refractivity contribution in [3.05, 3.63) is 0 Å². The molecule has 5 nitrogen and oxygen atoms in total. The van der Waals surface area contributed by atoms with Crippen molar-refractivity contribution >= 4 is 5.97 Å². The third-order valence-corrected chi connectivity index (χ3v) is 4.00. The fourth-order valence-corrected chi connectivity index (χ4v) is 2.52. The molecule has 0 aromatic heterocycles. The Morgan fingerprint density at radius 3 is 1.88 bits per heavy atom. The fraction of sp³-hybridized carbons (Fsp3) is 0.950. The van der Waals surface area contributed by atoms with Gasteiger partial charge < -0.3 is 18.9 Å². The highest BCUT2D eigenvalue weighted by atomic mass is 16.6. The number of hydrogen-bond donors (Lipinski definition) is 0. The summed E-state index contributed by atoms with van der Waals surface area (Å²) in [6.45, 7) is 8.77. The second-order valence-corrected chi connectivity index (χ2v) is 6.51. The molecule has 1 atom stereocenters. The molecule has 0 aliphatic heterocycles. The molecule has 0 amide bonds. The van der Waals surface area contributed by atoms with Gasteiger partial charge >= 0.3 is 5.97 Å². The number of carbonyl (C=O) groups is 1. The van der Waals surface area contributed by atoms with Gasteiger partial charge in [0.15, 0.2) is 0 Å². The Bertz CT molecular complexity index is 283. The molecule has 0 radical (unpaired) electrons. The van der Waals surface area contributed by atoms with Crippen LogP contribution in [-0.2, 0) is 23.7 Å². The molecule has 0 N–H and O–H groups in total. The minimum Gasteiger partial charge on any atom is -0.463 e. The van der Waals surface area contributed by atoms with Crippen LogP contribution in [0.25, 0.3) is 0 Å². The molecule has 0 fully saturated rings. The predicted octanol–water partition coefficient (Wildman–Crippen LogP) is 4.52. The molecule has 1 unspecified atom stereocenters. The van der Waals surface area contributed by atoms with Crippen molar-refractivity contribution in [3.63, 3.8) is 0 Å². The van der Waals surface area contributed by atoms with E-state index in [-0.39, 0.29) is 5.97 Å². The van der Waals surface area contributed by atoms with Gasteiger partial charge in [0.2, 0.25) is 0 Å². The third kappa shape index (κ3) is 21.3. The molecular weight excluding hydrogens is 320 g/mol. The summed E-state index contributed by atoms with van der Waals surface area (Å²) >= 11 is 0. The van der Waals surface area contributed by atoms with E-state index in [0.717, 1.165) is 6.42 Å². The molecule has 0 aromatic rings. The first-order valence-electron chi connectivity index (χ1n) is 10.1. The molecule has 0 aliphatic rings. The highest BCUT2D eigenvalue weighted by Crippen LogP contribution is 2.11. The maximum Gasteiger partial charge on any atom is 0.302 e. The minimum atomic E-state index is -0.280. The molecule has 0 aliphatic carbocycles. The Labute approximate surface area is 154 Å². The van der Waals surface area contributed by atoms with Crippen LogP contribution in [0, 0.1) is 0 Å². The van der Waals surface area contributed by atoms with Gasteiger partial charge in [-0.05, 0) is 13.3 Å². The van der Waals surface area contributed by atoms with E-state index in [1.54, 1.807) is 0 Å². The lowest BCUT2D eigenvalue weighted by molar-refractivity contribution is -0.142. The molecular formula is C20H40O5. The van der Waals surface area contributed by atoms with E-state index in [1.165, 1.54) is 58.3 Å². The molecule has 0 saturated carbocycles. The Morgan fingerprint density at radius 1 is 0.760 bits per heavy atom. The van der Waals surface area contributed by atoms with Crippen LogP contribution in [0.1, 0.15) is 78.6 Å². The zero-order valence-corrected chi connectivity index (χ0v) is 16.7. The number of ether oxygens (including phenoxy) is 4. The third-order valence-electron chi connectivity index (χ3n) is 4.00. The Balaban J connectivity index is 3.15. The SMILES string of the molecule is CCCCCCCCCCC(C)OCCOCCOCCOC(C)=O. The zero-order chi connectivity index (χ0) is 18.6. The van der Waals surface area contributed by atoms with E-state index >= 15 is 0 Å². The normalized spacial score (nSPS) is 12.3. The lowest BCUT2D eigenvalue weighted by Gasteiger charge is -2.13. The van der Waals surface area contributed by atoms with Crippen LogP contribution in [-0.4, -0.2) is 51.7 Å². The van der Waals surface area contributed by atoms with E-state index in [9.17, 15) is 4.79 Å². The fourth-order valence-electron chi connectivity index (χ4n) is 2.52. The van der Waals surface area contributed by atoms with Crippen molar-refractivity contribution < 1.29 is 23.7 Å². The van der Waals surface area contributed by atoms with Crippen molar-refractivity contribution in [2.24, 2.45) is 0 Å². The summed E-state index contributed by atoms with van der Waals surface area (Å²) in [5.41, 5.74) is 0. The number of rotatable bonds is 19. The van der Waals surface area contributed by atoms with E-state index in [0.29, 0.717) is 45.7 Å². The average Bonchev–Trinajstić information content (AvgIpc) is 2.58. The molecule has 0 spiro atoms. The van der Waals surface area contributed by atoms with Gasteiger partial charge in [-0.3, -0.25) is 4.79 Å². The summed E-state index contributed by atoms with van der Waals surface area (Å²) in [4.78, 5) is 10.5. The Hall–Kier alpha value is -0.650. The van der Waals surface area contributed by atoms with Crippen molar-refractivity contribution in [1.29, 1.82) is 0 Å². The highest BCUT2D eigenvalue weighted by Gasteiger charge is 2.02. The van der Waals surface area contributed by atoms with E-state index in [4.69, 9.17) is 18.9 Å². The largest absolute Gasteiger partial charge is 0.463 e. The Morgan fingerprint density at radius 2 is 1.28 bits per heavy atom. The summed E-state index contributed by atoms with van der Waals surface area (Å²) in [6, 6.07) is 0. The van der Waals surface area contributed by atoms with Crippen LogP contribution in [0.2, 0.25) is 0 Å². The summed E-state index contributed by atoms with van der Waals surface area (Å²) in [6.07, 6.45) is 12.3. The second kappa shape index (κ2) is 19.7.